The van der Waals surface area contributed by atoms with Crippen LogP contribution < -0.4 is 10.5 Å². The summed E-state index contributed by atoms with van der Waals surface area (Å²) in [5.41, 5.74) is 2.50. The smallest absolute Gasteiger partial charge is 0.363 e. The van der Waals surface area contributed by atoms with Crippen molar-refractivity contribution >= 4 is 18.9 Å². The molecule has 0 saturated heterocycles. The molecule has 1 aromatic carbocycles. The molecule has 1 atom stereocenters. The Kier molecular flexibility index (Phi) is 7.72. The van der Waals surface area contributed by atoms with E-state index in [1.807, 2.05) is 17.8 Å². The maximum Gasteiger partial charge on any atom is 0.417 e. The number of nitrogens with one attached hydrogen (secondary N) is 1. The SMILES string of the molecule is C=C[Si](C)(C)c1ccc(NCOCC(OC(F)(F)CF)C(F)(F)F)cc1. The van der Waals surface area contributed by atoms with Crippen LogP contribution in [0.5, 0.6) is 0 Å². The molecule has 0 saturated carbocycles. The van der Waals surface area contributed by atoms with Gasteiger partial charge in [-0.15, -0.1) is 6.58 Å². The number of rotatable bonds is 10. The summed E-state index contributed by atoms with van der Waals surface area (Å²) in [6.45, 7) is 4.11. The molecule has 0 aliphatic carbocycles. The molecule has 1 aromatic rings. The van der Waals surface area contributed by atoms with E-state index >= 15 is 0 Å². The quantitative estimate of drug-likeness (QED) is 0.276. The van der Waals surface area contributed by atoms with E-state index in [1.54, 1.807) is 12.1 Å². The fourth-order valence-electron chi connectivity index (χ4n) is 1.87. The van der Waals surface area contributed by atoms with Crippen molar-refractivity contribution in [2.75, 3.05) is 25.3 Å². The summed E-state index contributed by atoms with van der Waals surface area (Å²) in [6.07, 6.45) is -12.6. The first kappa shape index (κ1) is 22.5. The summed E-state index contributed by atoms with van der Waals surface area (Å²) in [6, 6.07) is 7.21. The third kappa shape index (κ3) is 7.00. The van der Waals surface area contributed by atoms with Crippen LogP contribution in [0.1, 0.15) is 0 Å². The highest BCUT2D eigenvalue weighted by atomic mass is 28.3. The van der Waals surface area contributed by atoms with Gasteiger partial charge in [0.1, 0.15) is 14.8 Å². The van der Waals surface area contributed by atoms with Gasteiger partial charge in [-0.3, -0.25) is 0 Å². The molecule has 1 rings (SSSR count). The molecule has 3 nitrogen and oxygen atoms in total. The molecule has 0 bridgehead atoms. The molecular formula is C16H21F6NO2Si. The molecule has 0 aromatic heterocycles. The van der Waals surface area contributed by atoms with Crippen molar-refractivity contribution < 1.29 is 35.8 Å². The minimum absolute atomic E-state index is 0.362. The third-order valence-corrected chi connectivity index (χ3v) is 6.46. The highest BCUT2D eigenvalue weighted by Crippen LogP contribution is 2.29. The zero-order valence-corrected chi connectivity index (χ0v) is 15.4. The van der Waals surface area contributed by atoms with Crippen molar-refractivity contribution in [1.29, 1.82) is 0 Å². The molecule has 26 heavy (non-hydrogen) atoms. The van der Waals surface area contributed by atoms with Crippen molar-refractivity contribution in [3.8, 4) is 0 Å². The van der Waals surface area contributed by atoms with Crippen molar-refractivity contribution in [2.24, 2.45) is 0 Å². The Labute approximate surface area is 149 Å². The molecule has 0 amide bonds. The van der Waals surface area contributed by atoms with Crippen LogP contribution in [0.15, 0.2) is 36.5 Å². The Balaban J connectivity index is 2.54. The second-order valence-electron chi connectivity index (χ2n) is 6.11. The van der Waals surface area contributed by atoms with Gasteiger partial charge < -0.3 is 14.8 Å². The third-order valence-electron chi connectivity index (χ3n) is 3.62. The van der Waals surface area contributed by atoms with Gasteiger partial charge in [-0.05, 0) is 12.1 Å². The minimum atomic E-state index is -5.11. The number of hydrogen-bond donors (Lipinski definition) is 1. The van der Waals surface area contributed by atoms with Crippen LogP contribution >= 0.6 is 0 Å². The lowest BCUT2D eigenvalue weighted by atomic mass is 10.3. The van der Waals surface area contributed by atoms with E-state index in [4.69, 9.17) is 4.74 Å². The Morgan fingerprint density at radius 2 is 1.73 bits per heavy atom. The zero-order valence-electron chi connectivity index (χ0n) is 14.4. The Hall–Kier alpha value is -1.52. The molecule has 1 unspecified atom stereocenters. The van der Waals surface area contributed by atoms with Crippen molar-refractivity contribution in [2.45, 2.75) is 31.5 Å². The Bertz CT molecular complexity index is 577. The van der Waals surface area contributed by atoms with Crippen molar-refractivity contribution in [1.82, 2.24) is 0 Å². The van der Waals surface area contributed by atoms with Gasteiger partial charge in [0.05, 0.1) is 6.61 Å². The number of halogens is 6. The molecule has 0 spiro atoms. The lowest BCUT2D eigenvalue weighted by Gasteiger charge is -2.24. The van der Waals surface area contributed by atoms with Crippen LogP contribution in [0, 0.1) is 0 Å². The topological polar surface area (TPSA) is 30.5 Å². The summed E-state index contributed by atoms with van der Waals surface area (Å²) in [5, 5.41) is 3.83. The van der Waals surface area contributed by atoms with Crippen LogP contribution in [0.2, 0.25) is 13.1 Å². The highest BCUT2D eigenvalue weighted by Gasteiger charge is 2.47. The largest absolute Gasteiger partial charge is 0.417 e. The Morgan fingerprint density at radius 3 is 2.19 bits per heavy atom. The fourth-order valence-corrected chi connectivity index (χ4v) is 3.13. The van der Waals surface area contributed by atoms with Crippen LogP contribution in [0.4, 0.5) is 32.0 Å². The second kappa shape index (κ2) is 8.91. The van der Waals surface area contributed by atoms with E-state index in [2.05, 4.69) is 29.7 Å². The molecule has 1 N–H and O–H groups in total. The standard InChI is InChI=1S/C16H21F6NO2Si/c1-4-26(2,3)13-7-5-12(6-8-13)23-11-24-9-14(16(20,21)22)25-15(18,19)10-17/h4-8,14,23H,1,9-11H2,2-3H3. The molecular weight excluding hydrogens is 380 g/mol. The molecule has 0 aliphatic rings. The van der Waals surface area contributed by atoms with E-state index in [9.17, 15) is 26.3 Å². The maximum atomic E-state index is 12.7. The van der Waals surface area contributed by atoms with E-state index in [0.29, 0.717) is 5.69 Å². The minimum Gasteiger partial charge on any atom is -0.363 e. The lowest BCUT2D eigenvalue weighted by Crippen LogP contribution is -2.42. The zero-order chi connectivity index (χ0) is 20.0. The van der Waals surface area contributed by atoms with E-state index in [-0.39, 0.29) is 6.73 Å². The number of hydrogen-bond acceptors (Lipinski definition) is 3. The summed E-state index contributed by atoms with van der Waals surface area (Å²) < 4.78 is 83.5. The fraction of sp³-hybridized carbons (Fsp3) is 0.500. The van der Waals surface area contributed by atoms with Gasteiger partial charge in [0.15, 0.2) is 12.8 Å². The van der Waals surface area contributed by atoms with E-state index < -0.39 is 39.7 Å². The van der Waals surface area contributed by atoms with E-state index in [1.165, 1.54) is 0 Å². The lowest BCUT2D eigenvalue weighted by molar-refractivity contribution is -0.335. The van der Waals surface area contributed by atoms with Crippen molar-refractivity contribution in [3.05, 3.63) is 36.5 Å². The first-order valence-corrected chi connectivity index (χ1v) is 10.7. The Morgan fingerprint density at radius 1 is 1.15 bits per heavy atom. The van der Waals surface area contributed by atoms with Gasteiger partial charge in [-0.2, -0.15) is 22.0 Å². The number of benzene rings is 1. The van der Waals surface area contributed by atoms with Gasteiger partial charge in [0.25, 0.3) is 0 Å². The monoisotopic (exact) mass is 401 g/mol. The molecule has 0 aliphatic heterocycles. The first-order chi connectivity index (χ1) is 11.9. The van der Waals surface area contributed by atoms with Gasteiger partial charge in [0, 0.05) is 5.69 Å². The van der Waals surface area contributed by atoms with E-state index in [0.717, 1.165) is 5.19 Å². The number of ether oxygens (including phenoxy) is 2. The van der Waals surface area contributed by atoms with Crippen molar-refractivity contribution in [3.63, 3.8) is 0 Å². The van der Waals surface area contributed by atoms with Gasteiger partial charge >= 0.3 is 12.3 Å². The maximum absolute atomic E-state index is 12.7. The molecule has 0 radical (unpaired) electrons. The highest BCUT2D eigenvalue weighted by molar-refractivity contribution is 6.93. The average molecular weight is 401 g/mol. The van der Waals surface area contributed by atoms with Gasteiger partial charge in [-0.1, -0.05) is 36.1 Å². The summed E-state index contributed by atoms with van der Waals surface area (Å²) >= 11 is 0. The molecule has 0 fully saturated rings. The number of alkyl halides is 6. The molecule has 148 valence electrons. The average Bonchev–Trinajstić information content (AvgIpc) is 2.57. The summed E-state index contributed by atoms with van der Waals surface area (Å²) in [5.74, 6) is 0. The normalized spacial score (nSPS) is 14.2. The van der Waals surface area contributed by atoms with Crippen LogP contribution in [-0.2, 0) is 9.47 Å². The predicted octanol–water partition coefficient (Wildman–Crippen LogP) is 4.22. The predicted molar refractivity (Wildman–Crippen MR) is 90.0 cm³/mol. The first-order valence-electron chi connectivity index (χ1n) is 7.65. The molecule has 10 heteroatoms. The molecule has 0 heterocycles. The van der Waals surface area contributed by atoms with Gasteiger partial charge in [0.2, 0.25) is 0 Å². The van der Waals surface area contributed by atoms with Crippen LogP contribution in [0.3, 0.4) is 0 Å². The summed E-state index contributed by atoms with van der Waals surface area (Å²) in [7, 11) is -1.72. The second-order valence-corrected chi connectivity index (χ2v) is 10.5. The van der Waals surface area contributed by atoms with Crippen LogP contribution in [-0.4, -0.2) is 46.5 Å². The van der Waals surface area contributed by atoms with Crippen LogP contribution in [0.25, 0.3) is 0 Å². The number of anilines is 1. The van der Waals surface area contributed by atoms with Gasteiger partial charge in [-0.25, -0.2) is 4.39 Å². The summed E-state index contributed by atoms with van der Waals surface area (Å²) in [4.78, 5) is 0.